The summed E-state index contributed by atoms with van der Waals surface area (Å²) in [5.74, 6) is 1.18. The van der Waals surface area contributed by atoms with Gasteiger partial charge in [-0.1, -0.05) is 18.2 Å². The van der Waals surface area contributed by atoms with Crippen molar-refractivity contribution in [3.8, 4) is 11.5 Å². The molecule has 2 rings (SSSR count). The van der Waals surface area contributed by atoms with Gasteiger partial charge in [-0.3, -0.25) is 4.79 Å². The van der Waals surface area contributed by atoms with Crippen LogP contribution in [0.15, 0.2) is 42.5 Å². The molecule has 1 heterocycles. The van der Waals surface area contributed by atoms with Crippen LogP contribution in [0, 0.1) is 0 Å². The van der Waals surface area contributed by atoms with Gasteiger partial charge in [0.2, 0.25) is 12.7 Å². The highest BCUT2D eigenvalue weighted by molar-refractivity contribution is 5.99. The molecule has 0 unspecified atom stereocenters. The van der Waals surface area contributed by atoms with E-state index >= 15 is 0 Å². The molecule has 0 spiro atoms. The van der Waals surface area contributed by atoms with Crippen molar-refractivity contribution in [3.05, 3.63) is 42.5 Å². The van der Waals surface area contributed by atoms with Crippen LogP contribution < -0.4 is 14.8 Å². The largest absolute Gasteiger partial charge is 0.454 e. The summed E-state index contributed by atoms with van der Waals surface area (Å²) in [6, 6.07) is 5.28. The van der Waals surface area contributed by atoms with E-state index in [9.17, 15) is 4.79 Å². The number of allylic oxidation sites excluding steroid dienone is 3. The number of ether oxygens (including phenoxy) is 2. The summed E-state index contributed by atoms with van der Waals surface area (Å²) in [6.45, 7) is 2.12. The second-order valence-electron chi connectivity index (χ2n) is 3.44. The van der Waals surface area contributed by atoms with Crippen LogP contribution in [0.1, 0.15) is 6.92 Å². The van der Waals surface area contributed by atoms with E-state index in [0.29, 0.717) is 17.2 Å². The molecule has 1 aliphatic heterocycles. The molecule has 0 saturated carbocycles. The molecule has 17 heavy (non-hydrogen) atoms. The number of carbonyl (C=O) groups is 1. The summed E-state index contributed by atoms with van der Waals surface area (Å²) in [5.41, 5.74) is 0.685. The van der Waals surface area contributed by atoms with Gasteiger partial charge in [-0.05, 0) is 19.1 Å². The first kappa shape index (κ1) is 11.3. The Morgan fingerprint density at radius 3 is 2.94 bits per heavy atom. The highest BCUT2D eigenvalue weighted by Gasteiger charge is 2.13. The molecule has 0 bridgehead atoms. The van der Waals surface area contributed by atoms with E-state index in [4.69, 9.17) is 9.47 Å². The molecular formula is C13H13NO3. The zero-order chi connectivity index (χ0) is 12.1. The Labute approximate surface area is 99.5 Å². The average Bonchev–Trinajstić information content (AvgIpc) is 2.76. The summed E-state index contributed by atoms with van der Waals surface area (Å²) < 4.78 is 10.4. The quantitative estimate of drug-likeness (QED) is 0.642. The molecule has 0 fully saturated rings. The molecule has 1 aliphatic rings. The zero-order valence-electron chi connectivity index (χ0n) is 9.47. The van der Waals surface area contributed by atoms with Crippen molar-refractivity contribution in [2.24, 2.45) is 0 Å². The summed E-state index contributed by atoms with van der Waals surface area (Å²) in [7, 11) is 0. The van der Waals surface area contributed by atoms with Gasteiger partial charge < -0.3 is 14.8 Å². The molecule has 1 amide bonds. The summed E-state index contributed by atoms with van der Waals surface area (Å²) in [4.78, 5) is 11.5. The van der Waals surface area contributed by atoms with Gasteiger partial charge in [-0.25, -0.2) is 0 Å². The zero-order valence-corrected chi connectivity index (χ0v) is 9.47. The normalized spacial score (nSPS) is 13.5. The third-order valence-electron chi connectivity index (χ3n) is 2.19. The van der Waals surface area contributed by atoms with Crippen LogP contribution in [0.4, 0.5) is 5.69 Å². The standard InChI is InChI=1S/C13H13NO3/c1-2-3-4-5-13(15)14-10-6-7-11-12(8-10)17-9-16-11/h2-8H,9H2,1H3,(H,14,15)/b3-2+,5-4+. The van der Waals surface area contributed by atoms with Crippen LogP contribution in [-0.4, -0.2) is 12.7 Å². The lowest BCUT2D eigenvalue weighted by Gasteiger charge is -2.02. The van der Waals surface area contributed by atoms with Crippen molar-refractivity contribution in [2.75, 3.05) is 12.1 Å². The van der Waals surface area contributed by atoms with Gasteiger partial charge in [0, 0.05) is 17.8 Å². The number of rotatable bonds is 3. The fourth-order valence-electron chi connectivity index (χ4n) is 1.41. The van der Waals surface area contributed by atoms with Crippen LogP contribution in [0.25, 0.3) is 0 Å². The molecule has 0 aliphatic carbocycles. The molecular weight excluding hydrogens is 218 g/mol. The molecule has 4 heteroatoms. The van der Waals surface area contributed by atoms with E-state index in [0.717, 1.165) is 0 Å². The van der Waals surface area contributed by atoms with Crippen LogP contribution in [0.3, 0.4) is 0 Å². The highest BCUT2D eigenvalue weighted by Crippen LogP contribution is 2.34. The van der Waals surface area contributed by atoms with E-state index in [-0.39, 0.29) is 12.7 Å². The maximum atomic E-state index is 11.5. The third-order valence-corrected chi connectivity index (χ3v) is 2.19. The van der Waals surface area contributed by atoms with Gasteiger partial charge in [-0.15, -0.1) is 0 Å². The van der Waals surface area contributed by atoms with Gasteiger partial charge in [0.15, 0.2) is 11.5 Å². The number of amides is 1. The molecule has 0 aromatic heterocycles. The van der Waals surface area contributed by atoms with Gasteiger partial charge in [0.05, 0.1) is 0 Å². The maximum Gasteiger partial charge on any atom is 0.248 e. The van der Waals surface area contributed by atoms with Gasteiger partial charge in [-0.2, -0.15) is 0 Å². The lowest BCUT2D eigenvalue weighted by atomic mass is 10.2. The Kier molecular flexibility index (Phi) is 3.45. The molecule has 88 valence electrons. The Balaban J connectivity index is 2.01. The predicted molar refractivity (Wildman–Crippen MR) is 65.1 cm³/mol. The summed E-state index contributed by atoms with van der Waals surface area (Å²) in [5, 5.41) is 2.74. The Hall–Kier alpha value is -2.23. The van der Waals surface area contributed by atoms with Crippen molar-refractivity contribution in [2.45, 2.75) is 6.92 Å². The van der Waals surface area contributed by atoms with Crippen molar-refractivity contribution >= 4 is 11.6 Å². The van der Waals surface area contributed by atoms with Gasteiger partial charge >= 0.3 is 0 Å². The number of carbonyl (C=O) groups excluding carboxylic acids is 1. The number of hydrogen-bond donors (Lipinski definition) is 1. The molecule has 1 N–H and O–H groups in total. The van der Waals surface area contributed by atoms with Gasteiger partial charge in [0.1, 0.15) is 0 Å². The fourth-order valence-corrected chi connectivity index (χ4v) is 1.41. The van der Waals surface area contributed by atoms with Crippen molar-refractivity contribution < 1.29 is 14.3 Å². The molecule has 0 saturated heterocycles. The number of anilines is 1. The first-order valence-corrected chi connectivity index (χ1v) is 5.29. The summed E-state index contributed by atoms with van der Waals surface area (Å²) in [6.07, 6.45) is 6.79. The molecule has 1 aromatic carbocycles. The lowest BCUT2D eigenvalue weighted by Crippen LogP contribution is -2.07. The molecule has 4 nitrogen and oxygen atoms in total. The minimum Gasteiger partial charge on any atom is -0.454 e. The third kappa shape index (κ3) is 2.87. The smallest absolute Gasteiger partial charge is 0.248 e. The second-order valence-corrected chi connectivity index (χ2v) is 3.44. The molecule has 0 radical (unpaired) electrons. The van der Waals surface area contributed by atoms with Crippen LogP contribution >= 0.6 is 0 Å². The van der Waals surface area contributed by atoms with E-state index in [1.807, 2.05) is 13.0 Å². The topological polar surface area (TPSA) is 47.6 Å². The Morgan fingerprint density at radius 2 is 2.12 bits per heavy atom. The van der Waals surface area contributed by atoms with Gasteiger partial charge in [0.25, 0.3) is 0 Å². The van der Waals surface area contributed by atoms with E-state index in [2.05, 4.69) is 5.32 Å². The van der Waals surface area contributed by atoms with Crippen molar-refractivity contribution in [1.29, 1.82) is 0 Å². The Morgan fingerprint density at radius 1 is 1.29 bits per heavy atom. The highest BCUT2D eigenvalue weighted by atomic mass is 16.7. The minimum absolute atomic E-state index is 0.179. The SMILES string of the molecule is C/C=C/C=C/C(=O)Nc1ccc2c(c1)OCO2. The van der Waals surface area contributed by atoms with E-state index in [1.54, 1.807) is 30.4 Å². The average molecular weight is 231 g/mol. The lowest BCUT2D eigenvalue weighted by molar-refractivity contribution is -0.111. The number of hydrogen-bond acceptors (Lipinski definition) is 3. The maximum absolute atomic E-state index is 11.5. The van der Waals surface area contributed by atoms with Crippen molar-refractivity contribution in [3.63, 3.8) is 0 Å². The summed E-state index contributed by atoms with van der Waals surface area (Å²) >= 11 is 0. The monoisotopic (exact) mass is 231 g/mol. The predicted octanol–water partition coefficient (Wildman–Crippen LogP) is 2.49. The van der Waals surface area contributed by atoms with E-state index < -0.39 is 0 Å². The van der Waals surface area contributed by atoms with Crippen LogP contribution in [0.5, 0.6) is 11.5 Å². The Bertz CT molecular complexity index is 478. The molecule has 0 atom stereocenters. The number of nitrogens with one attached hydrogen (secondary N) is 1. The fraction of sp³-hybridized carbons (Fsp3) is 0.154. The minimum atomic E-state index is -0.179. The van der Waals surface area contributed by atoms with Crippen LogP contribution in [0.2, 0.25) is 0 Å². The second kappa shape index (κ2) is 5.21. The van der Waals surface area contributed by atoms with Crippen molar-refractivity contribution in [1.82, 2.24) is 0 Å². The first-order chi connectivity index (χ1) is 8.29. The first-order valence-electron chi connectivity index (χ1n) is 5.29. The number of fused-ring (bicyclic) bond motifs is 1. The van der Waals surface area contributed by atoms with Crippen LogP contribution in [-0.2, 0) is 4.79 Å². The van der Waals surface area contributed by atoms with E-state index in [1.165, 1.54) is 6.08 Å². The number of benzene rings is 1. The molecule has 1 aromatic rings.